The standard InChI is InChI=1S/C14H25NO3/c1-9-14(6,7)11(10(2)16)15(8)12(17)18-13(3,4)5/h9,11H,1H2,2-8H3/t11-/m1/s1. The van der Waals surface area contributed by atoms with Crippen molar-refractivity contribution in [2.24, 2.45) is 5.41 Å². The van der Waals surface area contributed by atoms with Crippen LogP contribution in [0.15, 0.2) is 12.7 Å². The molecular formula is C14H25NO3. The summed E-state index contributed by atoms with van der Waals surface area (Å²) in [6.07, 6.45) is 1.18. The number of carbonyl (C=O) groups is 2. The summed E-state index contributed by atoms with van der Waals surface area (Å²) < 4.78 is 5.27. The molecule has 4 nitrogen and oxygen atoms in total. The van der Waals surface area contributed by atoms with Crippen molar-refractivity contribution in [2.45, 2.75) is 53.2 Å². The normalized spacial score (nSPS) is 13.7. The highest BCUT2D eigenvalue weighted by Crippen LogP contribution is 2.27. The van der Waals surface area contributed by atoms with Crippen molar-refractivity contribution in [1.29, 1.82) is 0 Å². The molecule has 0 unspecified atom stereocenters. The van der Waals surface area contributed by atoms with Gasteiger partial charge < -0.3 is 9.64 Å². The van der Waals surface area contributed by atoms with Gasteiger partial charge in [0.05, 0.1) is 0 Å². The van der Waals surface area contributed by atoms with E-state index in [2.05, 4.69) is 6.58 Å². The summed E-state index contributed by atoms with van der Waals surface area (Å²) >= 11 is 0. The Balaban J connectivity index is 5.12. The molecule has 1 amide bonds. The van der Waals surface area contributed by atoms with Crippen LogP contribution in [0, 0.1) is 5.41 Å². The van der Waals surface area contributed by atoms with Crippen LogP contribution >= 0.6 is 0 Å². The Hall–Kier alpha value is -1.32. The molecule has 0 spiro atoms. The van der Waals surface area contributed by atoms with Gasteiger partial charge in [-0.1, -0.05) is 19.9 Å². The first-order valence-corrected chi connectivity index (χ1v) is 6.02. The molecule has 0 radical (unpaired) electrons. The lowest BCUT2D eigenvalue weighted by atomic mass is 9.82. The lowest BCUT2D eigenvalue weighted by molar-refractivity contribution is -0.124. The Labute approximate surface area is 110 Å². The smallest absolute Gasteiger partial charge is 0.410 e. The predicted octanol–water partition coefficient (Wildman–Crippen LogP) is 3.02. The van der Waals surface area contributed by atoms with Gasteiger partial charge in [0.25, 0.3) is 0 Å². The van der Waals surface area contributed by atoms with Gasteiger partial charge in [-0.2, -0.15) is 0 Å². The third kappa shape index (κ3) is 4.51. The molecule has 0 rings (SSSR count). The predicted molar refractivity (Wildman–Crippen MR) is 72.4 cm³/mol. The molecular weight excluding hydrogens is 230 g/mol. The van der Waals surface area contributed by atoms with Crippen LogP contribution in [0.5, 0.6) is 0 Å². The van der Waals surface area contributed by atoms with Gasteiger partial charge in [-0.3, -0.25) is 4.79 Å². The highest BCUT2D eigenvalue weighted by atomic mass is 16.6. The summed E-state index contributed by atoms with van der Waals surface area (Å²) in [4.78, 5) is 25.1. The molecule has 4 heteroatoms. The molecule has 0 heterocycles. The van der Waals surface area contributed by atoms with E-state index in [-0.39, 0.29) is 5.78 Å². The summed E-state index contributed by atoms with van der Waals surface area (Å²) in [5.74, 6) is -0.0896. The van der Waals surface area contributed by atoms with Gasteiger partial charge in [0.2, 0.25) is 0 Å². The van der Waals surface area contributed by atoms with Crippen LogP contribution < -0.4 is 0 Å². The minimum Gasteiger partial charge on any atom is -0.444 e. The molecule has 1 atom stereocenters. The minimum atomic E-state index is -0.579. The van der Waals surface area contributed by atoms with Crippen LogP contribution in [0.2, 0.25) is 0 Å². The third-order valence-corrected chi connectivity index (χ3v) is 2.68. The molecule has 0 bridgehead atoms. The lowest BCUT2D eigenvalue weighted by Crippen LogP contribution is -2.51. The Morgan fingerprint density at radius 3 is 1.94 bits per heavy atom. The van der Waals surface area contributed by atoms with E-state index in [1.54, 1.807) is 33.9 Å². The highest BCUT2D eigenvalue weighted by Gasteiger charge is 2.37. The van der Waals surface area contributed by atoms with Crippen molar-refractivity contribution in [2.75, 3.05) is 7.05 Å². The maximum atomic E-state index is 12.0. The average Bonchev–Trinajstić information content (AvgIpc) is 2.14. The zero-order valence-corrected chi connectivity index (χ0v) is 12.5. The highest BCUT2D eigenvalue weighted by molar-refractivity contribution is 5.86. The van der Waals surface area contributed by atoms with Gasteiger partial charge in [-0.25, -0.2) is 4.79 Å². The Morgan fingerprint density at radius 1 is 1.22 bits per heavy atom. The van der Waals surface area contributed by atoms with Crippen LogP contribution in [-0.2, 0) is 9.53 Å². The largest absolute Gasteiger partial charge is 0.444 e. The van der Waals surface area contributed by atoms with E-state index < -0.39 is 23.2 Å². The number of rotatable bonds is 4. The van der Waals surface area contributed by atoms with Gasteiger partial charge in [0, 0.05) is 12.5 Å². The lowest BCUT2D eigenvalue weighted by Gasteiger charge is -2.37. The molecule has 0 aromatic rings. The van der Waals surface area contributed by atoms with Crippen LogP contribution in [0.25, 0.3) is 0 Å². The first-order valence-electron chi connectivity index (χ1n) is 6.02. The molecule has 0 aliphatic heterocycles. The average molecular weight is 255 g/mol. The first kappa shape index (κ1) is 16.7. The van der Waals surface area contributed by atoms with Gasteiger partial charge in [0.1, 0.15) is 11.6 Å². The van der Waals surface area contributed by atoms with E-state index in [1.165, 1.54) is 11.8 Å². The molecule has 0 aromatic carbocycles. The van der Waals surface area contributed by atoms with Gasteiger partial charge in [-0.05, 0) is 27.7 Å². The Bertz CT molecular complexity index is 339. The Kier molecular flexibility index (Phi) is 5.14. The fraction of sp³-hybridized carbons (Fsp3) is 0.714. The summed E-state index contributed by atoms with van der Waals surface area (Å²) in [5, 5.41) is 0. The SMILES string of the molecule is C=CC(C)(C)[C@@H](C(C)=O)N(C)C(=O)OC(C)(C)C. The van der Waals surface area contributed by atoms with Crippen molar-refractivity contribution in [3.8, 4) is 0 Å². The Morgan fingerprint density at radius 2 is 1.67 bits per heavy atom. The number of likely N-dealkylation sites (N-methyl/N-ethyl adjacent to an activating group) is 1. The van der Waals surface area contributed by atoms with Crippen molar-refractivity contribution in [3.05, 3.63) is 12.7 Å². The number of hydrogen-bond donors (Lipinski definition) is 0. The molecule has 0 fully saturated rings. The summed E-state index contributed by atoms with van der Waals surface area (Å²) in [5.41, 5.74) is -1.08. The molecule has 104 valence electrons. The maximum Gasteiger partial charge on any atom is 0.410 e. The third-order valence-electron chi connectivity index (χ3n) is 2.68. The first-order chi connectivity index (χ1) is 7.92. The van der Waals surface area contributed by atoms with E-state index >= 15 is 0 Å². The summed E-state index contributed by atoms with van der Waals surface area (Å²) in [6, 6.07) is -0.579. The molecule has 0 aromatic heterocycles. The van der Waals surface area contributed by atoms with Crippen molar-refractivity contribution >= 4 is 11.9 Å². The second kappa shape index (κ2) is 5.55. The van der Waals surface area contributed by atoms with Crippen molar-refractivity contribution in [1.82, 2.24) is 4.90 Å². The fourth-order valence-corrected chi connectivity index (χ4v) is 1.85. The van der Waals surface area contributed by atoms with Crippen molar-refractivity contribution in [3.63, 3.8) is 0 Å². The van der Waals surface area contributed by atoms with E-state index in [0.717, 1.165) is 0 Å². The molecule has 0 aliphatic rings. The van der Waals surface area contributed by atoms with E-state index in [4.69, 9.17) is 4.74 Å². The molecule has 0 aliphatic carbocycles. The molecule has 0 saturated carbocycles. The topological polar surface area (TPSA) is 46.6 Å². The number of ether oxygens (including phenoxy) is 1. The maximum absolute atomic E-state index is 12.0. The molecule has 18 heavy (non-hydrogen) atoms. The van der Waals surface area contributed by atoms with Crippen LogP contribution in [0.1, 0.15) is 41.5 Å². The number of nitrogens with zero attached hydrogens (tertiary/aromatic N) is 1. The summed E-state index contributed by atoms with van der Waals surface area (Å²) in [7, 11) is 1.57. The van der Waals surface area contributed by atoms with E-state index in [1.807, 2.05) is 13.8 Å². The zero-order valence-electron chi connectivity index (χ0n) is 12.5. The monoisotopic (exact) mass is 255 g/mol. The van der Waals surface area contributed by atoms with Gasteiger partial charge in [0.15, 0.2) is 5.78 Å². The minimum absolute atomic E-state index is 0.0896. The van der Waals surface area contributed by atoms with Crippen LogP contribution in [0.4, 0.5) is 4.79 Å². The number of amides is 1. The van der Waals surface area contributed by atoms with E-state index in [0.29, 0.717) is 0 Å². The number of carbonyl (C=O) groups excluding carboxylic acids is 2. The van der Waals surface area contributed by atoms with E-state index in [9.17, 15) is 9.59 Å². The quantitative estimate of drug-likeness (QED) is 0.725. The summed E-state index contributed by atoms with van der Waals surface area (Å²) in [6.45, 7) is 14.3. The number of hydrogen-bond acceptors (Lipinski definition) is 3. The molecule has 0 saturated heterocycles. The second-order valence-corrected chi connectivity index (χ2v) is 6.13. The molecule has 0 N–H and O–H groups in total. The number of Topliss-reactive ketones (excluding diaryl/α,β-unsaturated/α-hetero) is 1. The number of ketones is 1. The second-order valence-electron chi connectivity index (χ2n) is 6.13. The van der Waals surface area contributed by atoms with Gasteiger partial charge in [-0.15, -0.1) is 6.58 Å². The van der Waals surface area contributed by atoms with Crippen molar-refractivity contribution < 1.29 is 14.3 Å². The van der Waals surface area contributed by atoms with Crippen LogP contribution in [0.3, 0.4) is 0 Å². The van der Waals surface area contributed by atoms with Crippen LogP contribution in [-0.4, -0.2) is 35.5 Å². The zero-order chi connectivity index (χ0) is 14.7. The van der Waals surface area contributed by atoms with Gasteiger partial charge >= 0.3 is 6.09 Å². The fourth-order valence-electron chi connectivity index (χ4n) is 1.85.